The molecule has 0 spiro atoms. The van der Waals surface area contributed by atoms with Crippen molar-refractivity contribution >= 4 is 17.7 Å². The summed E-state index contributed by atoms with van der Waals surface area (Å²) in [7, 11) is 0. The molecule has 0 radical (unpaired) electrons. The largest absolute Gasteiger partial charge is 0.388 e. The fourth-order valence-corrected chi connectivity index (χ4v) is 5.32. The number of hydrogen-bond acceptors (Lipinski definition) is 3. The zero-order valence-electron chi connectivity index (χ0n) is 14.7. The highest BCUT2D eigenvalue weighted by molar-refractivity contribution is 8.00. The summed E-state index contributed by atoms with van der Waals surface area (Å²) in [5.41, 5.74) is 0.910. The van der Waals surface area contributed by atoms with Gasteiger partial charge in [0.25, 0.3) is 0 Å². The molecular formula is C20H29NO2S. The molecule has 3 nitrogen and oxygen atoms in total. The summed E-state index contributed by atoms with van der Waals surface area (Å²) >= 11 is 1.53. The van der Waals surface area contributed by atoms with Crippen molar-refractivity contribution in [1.29, 1.82) is 0 Å². The molecule has 24 heavy (non-hydrogen) atoms. The van der Waals surface area contributed by atoms with E-state index in [-0.39, 0.29) is 17.2 Å². The third kappa shape index (κ3) is 4.15. The third-order valence-corrected chi connectivity index (χ3v) is 7.08. The van der Waals surface area contributed by atoms with Crippen LogP contribution in [-0.2, 0) is 4.79 Å². The number of benzene rings is 1. The summed E-state index contributed by atoms with van der Waals surface area (Å²) in [6.45, 7) is 4.10. The van der Waals surface area contributed by atoms with Gasteiger partial charge in [-0.15, -0.1) is 11.8 Å². The average molecular weight is 348 g/mol. The van der Waals surface area contributed by atoms with Crippen LogP contribution >= 0.6 is 11.8 Å². The van der Waals surface area contributed by atoms with E-state index >= 15 is 0 Å². The zero-order chi connectivity index (χ0) is 17.1. The van der Waals surface area contributed by atoms with Crippen LogP contribution in [0.1, 0.15) is 51.2 Å². The Morgan fingerprint density at radius 2 is 2.00 bits per heavy atom. The van der Waals surface area contributed by atoms with Gasteiger partial charge in [-0.1, -0.05) is 36.8 Å². The molecule has 0 heterocycles. The van der Waals surface area contributed by atoms with Crippen molar-refractivity contribution in [3.63, 3.8) is 0 Å². The Balaban J connectivity index is 1.43. The molecule has 6 atom stereocenters. The Labute approximate surface area is 149 Å². The normalized spacial score (nSPS) is 29.2. The number of carbonyl (C=O) groups is 1. The van der Waals surface area contributed by atoms with Gasteiger partial charge in [-0.2, -0.15) is 0 Å². The number of thioether (sulfide) groups is 1. The SMILES string of the molecule is CC(SCC(O)c1ccccc1)C(=O)NC(C)C1CC2CCC1C2. The van der Waals surface area contributed by atoms with Crippen LogP contribution in [0.4, 0.5) is 0 Å². The van der Waals surface area contributed by atoms with Crippen LogP contribution in [0.5, 0.6) is 0 Å². The summed E-state index contributed by atoms with van der Waals surface area (Å²) in [4.78, 5) is 12.5. The molecule has 2 aliphatic rings. The highest BCUT2D eigenvalue weighted by atomic mass is 32.2. The maximum atomic E-state index is 12.5. The van der Waals surface area contributed by atoms with E-state index in [0.717, 1.165) is 17.4 Å². The van der Waals surface area contributed by atoms with Gasteiger partial charge in [-0.25, -0.2) is 0 Å². The molecule has 6 unspecified atom stereocenters. The van der Waals surface area contributed by atoms with Crippen molar-refractivity contribution in [3.8, 4) is 0 Å². The fourth-order valence-electron chi connectivity index (χ4n) is 4.44. The first-order valence-electron chi connectivity index (χ1n) is 9.19. The minimum Gasteiger partial charge on any atom is -0.388 e. The lowest BCUT2D eigenvalue weighted by atomic mass is 9.84. The van der Waals surface area contributed by atoms with Crippen LogP contribution in [0.3, 0.4) is 0 Å². The number of carbonyl (C=O) groups excluding carboxylic acids is 1. The van der Waals surface area contributed by atoms with E-state index in [1.165, 1.54) is 37.4 Å². The topological polar surface area (TPSA) is 49.3 Å². The predicted molar refractivity (Wildman–Crippen MR) is 99.9 cm³/mol. The van der Waals surface area contributed by atoms with E-state index in [9.17, 15) is 9.90 Å². The second kappa shape index (κ2) is 7.92. The van der Waals surface area contributed by atoms with Gasteiger partial charge in [-0.3, -0.25) is 4.79 Å². The molecule has 2 aliphatic carbocycles. The molecule has 3 rings (SSSR count). The van der Waals surface area contributed by atoms with Gasteiger partial charge in [0.2, 0.25) is 5.91 Å². The van der Waals surface area contributed by atoms with Crippen molar-refractivity contribution in [2.45, 2.75) is 56.9 Å². The molecule has 132 valence electrons. The summed E-state index contributed by atoms with van der Waals surface area (Å²) in [5.74, 6) is 3.05. The summed E-state index contributed by atoms with van der Waals surface area (Å²) in [6, 6.07) is 9.92. The molecule has 2 fully saturated rings. The molecule has 1 aromatic rings. The number of aliphatic hydroxyl groups is 1. The number of rotatable bonds is 7. The first kappa shape index (κ1) is 17.8. The molecule has 4 heteroatoms. The quantitative estimate of drug-likeness (QED) is 0.789. The molecular weight excluding hydrogens is 318 g/mol. The second-order valence-electron chi connectivity index (χ2n) is 7.54. The van der Waals surface area contributed by atoms with E-state index in [1.807, 2.05) is 37.3 Å². The number of amides is 1. The highest BCUT2D eigenvalue weighted by Gasteiger charge is 2.42. The van der Waals surface area contributed by atoms with Crippen molar-refractivity contribution in [1.82, 2.24) is 5.32 Å². The van der Waals surface area contributed by atoms with Crippen molar-refractivity contribution < 1.29 is 9.90 Å². The lowest BCUT2D eigenvalue weighted by Gasteiger charge is -2.29. The molecule has 2 bridgehead atoms. The van der Waals surface area contributed by atoms with E-state index in [0.29, 0.717) is 11.7 Å². The lowest BCUT2D eigenvalue weighted by Crippen LogP contribution is -2.43. The first-order chi connectivity index (χ1) is 11.5. The lowest BCUT2D eigenvalue weighted by molar-refractivity contribution is -0.121. The Kier molecular flexibility index (Phi) is 5.88. The summed E-state index contributed by atoms with van der Waals surface area (Å²) in [5, 5.41) is 13.3. The second-order valence-corrected chi connectivity index (χ2v) is 8.91. The van der Waals surface area contributed by atoms with Gasteiger partial charge in [0.05, 0.1) is 11.4 Å². The van der Waals surface area contributed by atoms with E-state index < -0.39 is 6.10 Å². The Morgan fingerprint density at radius 1 is 1.25 bits per heavy atom. The van der Waals surface area contributed by atoms with Crippen LogP contribution in [0.25, 0.3) is 0 Å². The molecule has 0 saturated heterocycles. The predicted octanol–water partition coefficient (Wildman–Crippen LogP) is 3.78. The van der Waals surface area contributed by atoms with Crippen molar-refractivity contribution in [2.24, 2.45) is 17.8 Å². The van der Waals surface area contributed by atoms with E-state index in [2.05, 4.69) is 12.2 Å². The summed E-state index contributed by atoms with van der Waals surface area (Å²) < 4.78 is 0. The number of aliphatic hydroxyl groups excluding tert-OH is 1. The van der Waals surface area contributed by atoms with Crippen molar-refractivity contribution in [3.05, 3.63) is 35.9 Å². The van der Waals surface area contributed by atoms with Crippen LogP contribution in [0.2, 0.25) is 0 Å². The highest BCUT2D eigenvalue weighted by Crippen LogP contribution is 2.49. The molecule has 0 aliphatic heterocycles. The molecule has 0 aromatic heterocycles. The monoisotopic (exact) mass is 347 g/mol. The molecule has 2 saturated carbocycles. The van der Waals surface area contributed by atoms with Gasteiger partial charge in [0.15, 0.2) is 0 Å². The maximum absolute atomic E-state index is 12.5. The van der Waals surface area contributed by atoms with Gasteiger partial charge < -0.3 is 10.4 Å². The number of nitrogens with one attached hydrogen (secondary N) is 1. The number of fused-ring (bicyclic) bond motifs is 2. The Hall–Kier alpha value is -1.00. The zero-order valence-corrected chi connectivity index (χ0v) is 15.5. The van der Waals surface area contributed by atoms with Crippen LogP contribution in [0.15, 0.2) is 30.3 Å². The van der Waals surface area contributed by atoms with Gasteiger partial charge in [-0.05, 0) is 56.4 Å². The Morgan fingerprint density at radius 3 is 2.62 bits per heavy atom. The van der Waals surface area contributed by atoms with Gasteiger partial charge in [0.1, 0.15) is 0 Å². The smallest absolute Gasteiger partial charge is 0.233 e. The van der Waals surface area contributed by atoms with E-state index in [1.54, 1.807) is 0 Å². The average Bonchev–Trinajstić information content (AvgIpc) is 3.23. The van der Waals surface area contributed by atoms with Crippen LogP contribution in [-0.4, -0.2) is 28.1 Å². The van der Waals surface area contributed by atoms with Crippen LogP contribution < -0.4 is 5.32 Å². The van der Waals surface area contributed by atoms with Gasteiger partial charge in [0, 0.05) is 11.8 Å². The van der Waals surface area contributed by atoms with Crippen LogP contribution in [0, 0.1) is 17.8 Å². The minimum atomic E-state index is -0.519. The maximum Gasteiger partial charge on any atom is 0.233 e. The Bertz CT molecular complexity index is 550. The minimum absolute atomic E-state index is 0.107. The van der Waals surface area contributed by atoms with E-state index in [4.69, 9.17) is 0 Å². The third-order valence-electron chi connectivity index (χ3n) is 5.86. The number of hydrogen-bond donors (Lipinski definition) is 2. The molecule has 1 aromatic carbocycles. The molecule has 2 N–H and O–H groups in total. The standard InChI is InChI=1S/C20H29NO2S/c1-13(18-11-15-8-9-17(18)10-15)21-20(23)14(2)24-12-19(22)16-6-4-3-5-7-16/h3-7,13-15,17-19,22H,8-12H2,1-2H3,(H,21,23). The van der Waals surface area contributed by atoms with Gasteiger partial charge >= 0.3 is 0 Å². The van der Waals surface area contributed by atoms with Crippen molar-refractivity contribution in [2.75, 3.05) is 5.75 Å². The first-order valence-corrected chi connectivity index (χ1v) is 10.2. The molecule has 1 amide bonds. The summed E-state index contributed by atoms with van der Waals surface area (Å²) in [6.07, 6.45) is 4.89. The fraction of sp³-hybridized carbons (Fsp3) is 0.650.